The molecule has 0 spiro atoms. The van der Waals surface area contributed by atoms with Crippen molar-refractivity contribution in [1.29, 1.82) is 0 Å². The van der Waals surface area contributed by atoms with Crippen LogP contribution in [0.15, 0.2) is 30.3 Å². The van der Waals surface area contributed by atoms with Crippen molar-refractivity contribution in [2.75, 3.05) is 0 Å². The Labute approximate surface area is 125 Å². The summed E-state index contributed by atoms with van der Waals surface area (Å²) < 4.78 is 8.88. The Bertz CT molecular complexity index is 252. The first-order chi connectivity index (χ1) is 5.39. The summed E-state index contributed by atoms with van der Waals surface area (Å²) in [6, 6.07) is 10.3. The molecule has 0 radical (unpaired) electrons. The zero-order valence-electron chi connectivity index (χ0n) is 7.08. The van der Waals surface area contributed by atoms with Crippen LogP contribution in [0, 0.1) is 6.92 Å². The topological polar surface area (TPSA) is 109 Å². The normalized spacial score (nSPS) is 8.57. The predicted octanol–water partition coefficient (Wildman–Crippen LogP) is -0.407. The minimum absolute atomic E-state index is 0. The number of hydrogen-bond acceptors (Lipinski definition) is 1. The van der Waals surface area contributed by atoms with Gasteiger partial charge in [0.1, 0.15) is 0 Å². The van der Waals surface area contributed by atoms with Crippen LogP contribution in [-0.2, 0) is 4.57 Å². The number of phosphoric acid groups is 1. The summed E-state index contributed by atoms with van der Waals surface area (Å²) in [7, 11) is -4.64. The van der Waals surface area contributed by atoms with Gasteiger partial charge in [-0.15, -0.1) is 0 Å². The first-order valence-electron chi connectivity index (χ1n) is 3.19. The Morgan fingerprint density at radius 1 is 1.07 bits per heavy atom. The third-order valence-electron chi connectivity index (χ3n) is 0.940. The fourth-order valence-corrected chi connectivity index (χ4v) is 0.534. The molecule has 5 nitrogen and oxygen atoms in total. The van der Waals surface area contributed by atoms with Crippen molar-refractivity contribution in [2.24, 2.45) is 0 Å². The van der Waals surface area contributed by atoms with Crippen LogP contribution in [0.4, 0.5) is 0 Å². The van der Waals surface area contributed by atoms with Gasteiger partial charge < -0.3 is 20.2 Å². The fourth-order valence-electron chi connectivity index (χ4n) is 0.534. The molecule has 5 N–H and O–H groups in total. The van der Waals surface area contributed by atoms with E-state index in [1.165, 1.54) is 5.56 Å². The Balaban J connectivity index is -0.000000159. The molecule has 0 aliphatic carbocycles. The van der Waals surface area contributed by atoms with Crippen LogP contribution >= 0.6 is 7.82 Å². The summed E-state index contributed by atoms with van der Waals surface area (Å²) in [5, 5.41) is 0. The van der Waals surface area contributed by atoms with E-state index in [9.17, 15) is 0 Å². The third kappa shape index (κ3) is 23.1. The quantitative estimate of drug-likeness (QED) is 0.428. The zero-order chi connectivity index (χ0) is 9.61. The van der Waals surface area contributed by atoms with E-state index in [0.717, 1.165) is 0 Å². The van der Waals surface area contributed by atoms with Gasteiger partial charge in [-0.05, 0) is 6.92 Å². The van der Waals surface area contributed by atoms with Crippen LogP contribution < -0.4 is 0 Å². The van der Waals surface area contributed by atoms with E-state index in [4.69, 9.17) is 19.2 Å². The van der Waals surface area contributed by atoms with Crippen molar-refractivity contribution in [3.63, 3.8) is 0 Å². The Hall–Kier alpha value is 0.926. The molecular weight excluding hydrogens is 234 g/mol. The molecule has 1 aromatic rings. The number of aryl methyl sites for hydroxylation is 1. The van der Waals surface area contributed by atoms with Crippen molar-refractivity contribution in [2.45, 2.75) is 6.92 Å². The Morgan fingerprint density at radius 3 is 1.50 bits per heavy atom. The monoisotopic (exact) mass is 248 g/mol. The summed E-state index contributed by atoms with van der Waals surface area (Å²) in [4.78, 5) is 21.6. The summed E-state index contributed by atoms with van der Waals surface area (Å²) >= 11 is 0. The number of hydrogen-bond donors (Lipinski definition) is 3. The van der Waals surface area contributed by atoms with E-state index in [1.807, 2.05) is 18.2 Å². The first-order valence-corrected chi connectivity index (χ1v) is 4.76. The van der Waals surface area contributed by atoms with E-state index in [0.29, 0.717) is 0 Å². The van der Waals surface area contributed by atoms with Crippen molar-refractivity contribution < 1.29 is 24.7 Å². The maximum atomic E-state index is 8.88. The Kier molecular flexibility index (Phi) is 15.2. The van der Waals surface area contributed by atoms with Crippen molar-refractivity contribution in [3.05, 3.63) is 35.9 Å². The molecule has 0 saturated carbocycles. The molecule has 7 heteroatoms. The van der Waals surface area contributed by atoms with Crippen LogP contribution in [0.5, 0.6) is 0 Å². The number of benzene rings is 1. The standard InChI is InChI=1S/C7H8.K.H3O4P.H2O.H/c1-7-5-3-2-4-6-7;;1-5(2,3)4;;/h2-6H,1H3;;(H3,1,2,3,4);1H2;. The van der Waals surface area contributed by atoms with Crippen LogP contribution in [0.2, 0.25) is 0 Å². The molecule has 0 unspecified atom stereocenters. The van der Waals surface area contributed by atoms with Gasteiger partial charge in [-0.25, -0.2) is 4.57 Å². The van der Waals surface area contributed by atoms with Gasteiger partial charge in [0.25, 0.3) is 0 Å². The molecule has 0 aliphatic rings. The summed E-state index contributed by atoms with van der Waals surface area (Å²) in [6.07, 6.45) is 0. The second-order valence-corrected chi connectivity index (χ2v) is 3.19. The average molecular weight is 248 g/mol. The van der Waals surface area contributed by atoms with Gasteiger partial charge in [0, 0.05) is 0 Å². The van der Waals surface area contributed by atoms with E-state index >= 15 is 0 Å². The van der Waals surface area contributed by atoms with Crippen LogP contribution in [0.1, 0.15) is 5.56 Å². The van der Waals surface area contributed by atoms with E-state index < -0.39 is 7.82 Å². The minimum atomic E-state index is -4.64. The summed E-state index contributed by atoms with van der Waals surface area (Å²) in [6.45, 7) is 2.08. The molecular formula is C7H14KO5P. The fraction of sp³-hybridized carbons (Fsp3) is 0.143. The van der Waals surface area contributed by atoms with Gasteiger partial charge in [-0.1, -0.05) is 35.9 Å². The number of rotatable bonds is 0. The van der Waals surface area contributed by atoms with E-state index in [1.54, 1.807) is 0 Å². The molecule has 0 saturated heterocycles. The van der Waals surface area contributed by atoms with Crippen molar-refractivity contribution in [1.82, 2.24) is 0 Å². The van der Waals surface area contributed by atoms with Crippen LogP contribution in [-0.4, -0.2) is 71.5 Å². The second-order valence-electron chi connectivity index (χ2n) is 2.17. The van der Waals surface area contributed by atoms with E-state index in [2.05, 4.69) is 19.1 Å². The van der Waals surface area contributed by atoms with Gasteiger partial charge in [0.15, 0.2) is 0 Å². The molecule has 0 fully saturated rings. The maximum absolute atomic E-state index is 8.88. The predicted molar refractivity (Wildman–Crippen MR) is 56.2 cm³/mol. The average Bonchev–Trinajstić information content (AvgIpc) is 1.85. The SMILES string of the molecule is Cc1ccccc1.O.O=P(O)(O)O.[KH]. The zero-order valence-corrected chi connectivity index (χ0v) is 7.98. The molecule has 1 aromatic carbocycles. The second kappa shape index (κ2) is 10.4. The van der Waals surface area contributed by atoms with Gasteiger partial charge in [-0.2, -0.15) is 0 Å². The van der Waals surface area contributed by atoms with Crippen molar-refractivity contribution in [3.8, 4) is 0 Å². The van der Waals surface area contributed by atoms with Gasteiger partial charge >= 0.3 is 59.2 Å². The molecule has 0 amide bonds. The molecule has 78 valence electrons. The molecule has 1 rings (SSSR count). The molecule has 0 aromatic heterocycles. The molecule has 0 aliphatic heterocycles. The Morgan fingerprint density at radius 2 is 1.36 bits per heavy atom. The van der Waals surface area contributed by atoms with Crippen LogP contribution in [0.25, 0.3) is 0 Å². The van der Waals surface area contributed by atoms with E-state index in [-0.39, 0.29) is 56.9 Å². The molecule has 0 heterocycles. The molecule has 0 atom stereocenters. The summed E-state index contributed by atoms with van der Waals surface area (Å²) in [5.74, 6) is 0. The first kappa shape index (κ1) is 20.4. The van der Waals surface area contributed by atoms with Crippen LogP contribution in [0.3, 0.4) is 0 Å². The summed E-state index contributed by atoms with van der Waals surface area (Å²) in [5.41, 5.74) is 1.32. The third-order valence-corrected chi connectivity index (χ3v) is 0.940. The molecule has 0 bridgehead atoms. The molecule has 14 heavy (non-hydrogen) atoms. The van der Waals surface area contributed by atoms with Gasteiger partial charge in [-0.3, -0.25) is 0 Å². The van der Waals surface area contributed by atoms with Crippen molar-refractivity contribution >= 4 is 59.2 Å². The van der Waals surface area contributed by atoms with Gasteiger partial charge in [0.05, 0.1) is 0 Å². The van der Waals surface area contributed by atoms with Gasteiger partial charge in [0.2, 0.25) is 0 Å².